The Kier molecular flexibility index (Phi) is 4.97. The summed E-state index contributed by atoms with van der Waals surface area (Å²) in [7, 11) is 0. The summed E-state index contributed by atoms with van der Waals surface area (Å²) in [4.78, 5) is 0. The van der Waals surface area contributed by atoms with E-state index in [-0.39, 0.29) is 21.2 Å². The van der Waals surface area contributed by atoms with Gasteiger partial charge < -0.3 is 30.6 Å². The molecule has 2 aliphatic carbocycles. The van der Waals surface area contributed by atoms with Crippen LogP contribution in [-0.4, -0.2) is 66.3 Å². The molecule has 0 aromatic heterocycles. The van der Waals surface area contributed by atoms with Gasteiger partial charge in [0.25, 0.3) is 0 Å². The molecule has 2 aromatic carbocycles. The summed E-state index contributed by atoms with van der Waals surface area (Å²) < 4.78 is 27.2. The van der Waals surface area contributed by atoms with Crippen LogP contribution in [0.5, 0.6) is 0 Å². The standard InChI is InChI=1S/C20H18Cl2F2O6/c21-10-5-8(1-3-12(10)23)15-17(27)19(29)16(9-2-4-13(24)11(22)6-9)18(28,14(26)7-25)20(15,19)30/h1-6,14-17,25-30H,7H2/t14-,15?,16?,17?,18+,19+,20+/m1/s1. The van der Waals surface area contributed by atoms with Gasteiger partial charge in [-0.05, 0) is 35.4 Å². The van der Waals surface area contributed by atoms with E-state index in [9.17, 15) is 39.4 Å². The Hall–Kier alpha value is -1.36. The molecule has 3 unspecified atom stereocenters. The molecule has 6 nitrogen and oxygen atoms in total. The number of aliphatic hydroxyl groups is 6. The van der Waals surface area contributed by atoms with Gasteiger partial charge in [-0.3, -0.25) is 0 Å². The van der Waals surface area contributed by atoms with E-state index in [2.05, 4.69) is 0 Å². The Morgan fingerprint density at radius 3 is 1.93 bits per heavy atom. The van der Waals surface area contributed by atoms with Crippen LogP contribution in [0.1, 0.15) is 23.0 Å². The average Bonchev–Trinajstić information content (AvgIpc) is 2.72. The van der Waals surface area contributed by atoms with E-state index < -0.39 is 59.1 Å². The number of halogens is 4. The SMILES string of the molecule is OC[C@@H](O)[C@]1(O)C(c2ccc(F)c(Cl)c2)[C@]2(O)C(O)C(c3ccc(F)c(Cl)c3)[C@@]21O. The predicted molar refractivity (Wildman–Crippen MR) is 102 cm³/mol. The topological polar surface area (TPSA) is 121 Å². The van der Waals surface area contributed by atoms with E-state index in [0.29, 0.717) is 0 Å². The Balaban J connectivity index is 1.87. The van der Waals surface area contributed by atoms with E-state index in [0.717, 1.165) is 24.3 Å². The van der Waals surface area contributed by atoms with Crippen molar-refractivity contribution in [2.45, 2.75) is 40.8 Å². The lowest BCUT2D eigenvalue weighted by molar-refractivity contribution is -0.459. The molecule has 0 heterocycles. The molecule has 2 fully saturated rings. The van der Waals surface area contributed by atoms with Crippen molar-refractivity contribution in [1.29, 1.82) is 0 Å². The number of aliphatic hydroxyl groups excluding tert-OH is 3. The molecule has 30 heavy (non-hydrogen) atoms. The number of hydrogen-bond donors (Lipinski definition) is 6. The van der Waals surface area contributed by atoms with Gasteiger partial charge in [0.1, 0.15) is 34.5 Å². The quantitative estimate of drug-likeness (QED) is 0.404. The number of benzene rings is 2. The van der Waals surface area contributed by atoms with Crippen LogP contribution in [0.4, 0.5) is 8.78 Å². The fraction of sp³-hybridized carbons (Fsp3) is 0.400. The smallest absolute Gasteiger partial charge is 0.141 e. The molecular formula is C20H18Cl2F2O6. The van der Waals surface area contributed by atoms with E-state index in [1.165, 1.54) is 12.1 Å². The summed E-state index contributed by atoms with van der Waals surface area (Å²) in [5.74, 6) is -4.44. The van der Waals surface area contributed by atoms with Crippen molar-refractivity contribution in [3.63, 3.8) is 0 Å². The average molecular weight is 463 g/mol. The molecule has 162 valence electrons. The van der Waals surface area contributed by atoms with E-state index in [1.807, 2.05) is 0 Å². The van der Waals surface area contributed by atoms with Crippen LogP contribution >= 0.6 is 23.2 Å². The van der Waals surface area contributed by atoms with Crippen molar-refractivity contribution in [3.05, 3.63) is 69.2 Å². The minimum atomic E-state index is -2.57. The molecule has 2 aliphatic rings. The molecule has 4 rings (SSSR count). The fourth-order valence-electron chi connectivity index (χ4n) is 5.21. The van der Waals surface area contributed by atoms with Gasteiger partial charge in [-0.25, -0.2) is 8.78 Å². The molecule has 0 bridgehead atoms. The zero-order valence-electron chi connectivity index (χ0n) is 15.2. The first-order chi connectivity index (χ1) is 14.0. The zero-order valence-corrected chi connectivity index (χ0v) is 16.7. The second-order valence-electron chi connectivity index (χ2n) is 7.82. The van der Waals surface area contributed by atoms with E-state index >= 15 is 0 Å². The monoisotopic (exact) mass is 462 g/mol. The molecule has 0 radical (unpaired) electrons. The normalized spacial score (nSPS) is 38.4. The molecule has 0 saturated heterocycles. The molecule has 2 aromatic rings. The van der Waals surface area contributed by atoms with Crippen molar-refractivity contribution >= 4 is 23.2 Å². The van der Waals surface area contributed by atoms with Crippen molar-refractivity contribution < 1.29 is 39.4 Å². The van der Waals surface area contributed by atoms with E-state index in [1.54, 1.807) is 0 Å². The molecule has 0 amide bonds. The summed E-state index contributed by atoms with van der Waals surface area (Å²) >= 11 is 11.6. The van der Waals surface area contributed by atoms with Crippen molar-refractivity contribution in [3.8, 4) is 0 Å². The van der Waals surface area contributed by atoms with Gasteiger partial charge in [0.2, 0.25) is 0 Å². The second-order valence-corrected chi connectivity index (χ2v) is 8.63. The summed E-state index contributed by atoms with van der Waals surface area (Å²) in [6.45, 7) is -0.993. The largest absolute Gasteiger partial charge is 0.394 e. The van der Waals surface area contributed by atoms with Crippen molar-refractivity contribution in [1.82, 2.24) is 0 Å². The maximum absolute atomic E-state index is 13.6. The molecule has 0 aliphatic heterocycles. The van der Waals surface area contributed by atoms with Gasteiger partial charge >= 0.3 is 0 Å². The van der Waals surface area contributed by atoms with Crippen LogP contribution in [0, 0.1) is 11.6 Å². The number of rotatable bonds is 4. The molecule has 2 saturated carbocycles. The summed E-state index contributed by atoms with van der Waals surface area (Å²) in [6.07, 6.45) is -3.63. The molecule has 0 spiro atoms. The van der Waals surface area contributed by atoms with Crippen LogP contribution in [0.3, 0.4) is 0 Å². The first-order valence-corrected chi connectivity index (χ1v) is 9.75. The van der Waals surface area contributed by atoms with Gasteiger partial charge in [-0.1, -0.05) is 35.3 Å². The Morgan fingerprint density at radius 2 is 1.43 bits per heavy atom. The van der Waals surface area contributed by atoms with Crippen LogP contribution in [-0.2, 0) is 0 Å². The molecular weight excluding hydrogens is 445 g/mol. The molecule has 10 heteroatoms. The molecule has 7 atom stereocenters. The summed E-state index contributed by atoms with van der Waals surface area (Å²) in [6, 6.07) is 6.54. The Morgan fingerprint density at radius 1 is 0.933 bits per heavy atom. The Labute approximate surface area is 179 Å². The second kappa shape index (κ2) is 6.82. The zero-order chi connectivity index (χ0) is 22.2. The highest BCUT2D eigenvalue weighted by Gasteiger charge is 2.93. The maximum Gasteiger partial charge on any atom is 0.141 e. The van der Waals surface area contributed by atoms with Crippen LogP contribution < -0.4 is 0 Å². The van der Waals surface area contributed by atoms with Gasteiger partial charge in [0, 0.05) is 5.92 Å². The highest BCUT2D eigenvalue weighted by atomic mass is 35.5. The lowest BCUT2D eigenvalue weighted by atomic mass is 9.30. The van der Waals surface area contributed by atoms with Crippen LogP contribution in [0.25, 0.3) is 0 Å². The van der Waals surface area contributed by atoms with Crippen LogP contribution in [0.2, 0.25) is 10.0 Å². The van der Waals surface area contributed by atoms with Crippen molar-refractivity contribution in [2.24, 2.45) is 0 Å². The highest BCUT2D eigenvalue weighted by Crippen LogP contribution is 2.75. The lowest BCUT2D eigenvalue weighted by Crippen LogP contribution is -2.99. The minimum Gasteiger partial charge on any atom is -0.394 e. The minimum absolute atomic E-state index is 0.0261. The lowest BCUT2D eigenvalue weighted by Gasteiger charge is -2.80. The maximum atomic E-state index is 13.6. The van der Waals surface area contributed by atoms with E-state index in [4.69, 9.17) is 23.2 Å². The van der Waals surface area contributed by atoms with Crippen LogP contribution in [0.15, 0.2) is 36.4 Å². The number of fused-ring (bicyclic) bond motifs is 1. The van der Waals surface area contributed by atoms with Crippen molar-refractivity contribution in [2.75, 3.05) is 6.61 Å². The van der Waals surface area contributed by atoms with Gasteiger partial charge in [-0.15, -0.1) is 0 Å². The van der Waals surface area contributed by atoms with Gasteiger partial charge in [0.15, 0.2) is 0 Å². The third-order valence-electron chi connectivity index (χ3n) is 6.58. The van der Waals surface area contributed by atoms with Gasteiger partial charge in [0.05, 0.1) is 28.7 Å². The first-order valence-electron chi connectivity index (χ1n) is 9.00. The summed E-state index contributed by atoms with van der Waals surface area (Å²) in [5, 5.41) is 64.0. The fourth-order valence-corrected chi connectivity index (χ4v) is 5.59. The summed E-state index contributed by atoms with van der Waals surface area (Å²) in [5.41, 5.74) is -7.38. The third-order valence-corrected chi connectivity index (χ3v) is 7.16. The highest BCUT2D eigenvalue weighted by molar-refractivity contribution is 6.31. The Bertz CT molecular complexity index is 1020. The third kappa shape index (κ3) is 2.33. The predicted octanol–water partition coefficient (Wildman–Crippen LogP) is 1.07. The molecule has 6 N–H and O–H groups in total. The number of hydrogen-bond acceptors (Lipinski definition) is 6. The first kappa shape index (κ1) is 21.9. The van der Waals surface area contributed by atoms with Gasteiger partial charge in [-0.2, -0.15) is 0 Å².